The minimum Gasteiger partial charge on any atom is -0.356 e. The van der Waals surface area contributed by atoms with Crippen LogP contribution in [0.5, 0.6) is 0 Å². The number of carbonyl (C=O) groups excluding carboxylic acids is 4. The topological polar surface area (TPSA) is 199 Å². The molecule has 2 atom stereocenters. The molecule has 0 radical (unpaired) electrons. The lowest BCUT2D eigenvalue weighted by atomic mass is 10.1. The summed E-state index contributed by atoms with van der Waals surface area (Å²) in [6, 6.07) is 11.4. The number of halogens is 1. The van der Waals surface area contributed by atoms with Crippen LogP contribution in [0.15, 0.2) is 98.9 Å². The second-order valence-electron chi connectivity index (χ2n) is 15.3. The van der Waals surface area contributed by atoms with E-state index in [1.165, 1.54) is 11.0 Å². The van der Waals surface area contributed by atoms with Gasteiger partial charge in [0.05, 0.1) is 31.2 Å². The summed E-state index contributed by atoms with van der Waals surface area (Å²) in [5.74, 6) is 1.21. The van der Waals surface area contributed by atoms with Crippen molar-refractivity contribution in [2.45, 2.75) is 85.6 Å². The van der Waals surface area contributed by atoms with Crippen molar-refractivity contribution in [1.82, 2.24) is 55.4 Å². The monoisotopic (exact) mass is 963 g/mol. The zero-order chi connectivity index (χ0) is 48.7. The van der Waals surface area contributed by atoms with E-state index in [1.807, 2.05) is 70.4 Å². The predicted molar refractivity (Wildman–Crippen MR) is 265 cm³/mol. The second kappa shape index (κ2) is 27.9. The Bertz CT molecular complexity index is 2550. The fourth-order valence-electron chi connectivity index (χ4n) is 6.21. The average Bonchev–Trinajstić information content (AvgIpc) is 4.01. The molecule has 18 heteroatoms. The number of nitrogens with one attached hydrogen (secondary N) is 2. The van der Waals surface area contributed by atoms with E-state index >= 15 is 0 Å². The van der Waals surface area contributed by atoms with Crippen LogP contribution in [0.4, 0.5) is 0 Å². The van der Waals surface area contributed by atoms with Gasteiger partial charge in [0, 0.05) is 87.5 Å². The van der Waals surface area contributed by atoms with Crippen molar-refractivity contribution in [3.63, 3.8) is 0 Å². The third-order valence-electron chi connectivity index (χ3n) is 10.1. The summed E-state index contributed by atoms with van der Waals surface area (Å²) in [4.78, 5) is 84.3. The molecule has 6 heterocycles. The van der Waals surface area contributed by atoms with Gasteiger partial charge in [-0.25, -0.2) is 29.9 Å². The maximum absolute atomic E-state index is 12.3. The number of allylic oxidation sites excluding steroid dienone is 1. The van der Waals surface area contributed by atoms with E-state index in [1.54, 1.807) is 61.4 Å². The molecule has 0 aliphatic heterocycles. The third kappa shape index (κ3) is 18.4. The first kappa shape index (κ1) is 53.2. The molecular weight excluding hydrogens is 906 g/mol. The van der Waals surface area contributed by atoms with Crippen LogP contribution in [0.3, 0.4) is 0 Å². The first-order valence-electron chi connectivity index (χ1n) is 21.8. The van der Waals surface area contributed by atoms with Gasteiger partial charge in [-0.2, -0.15) is 0 Å². The molecule has 352 valence electrons. The maximum atomic E-state index is 12.3. The number of rotatable bonds is 20. The van der Waals surface area contributed by atoms with Gasteiger partial charge >= 0.3 is 0 Å². The molecule has 6 aromatic rings. The van der Waals surface area contributed by atoms with Gasteiger partial charge in [-0.15, -0.1) is 22.7 Å². The Morgan fingerprint density at radius 2 is 1.12 bits per heavy atom. The number of hydrogen-bond acceptors (Lipinski definition) is 14. The summed E-state index contributed by atoms with van der Waals surface area (Å²) in [6.07, 6.45) is 18.5. The van der Waals surface area contributed by atoms with Crippen LogP contribution in [0.2, 0.25) is 0 Å². The maximum Gasteiger partial charge on any atom is 0.246 e. The van der Waals surface area contributed by atoms with E-state index in [4.69, 9.17) is 11.6 Å². The molecule has 3 amide bonds. The summed E-state index contributed by atoms with van der Waals surface area (Å²) in [7, 11) is 1.59. The second-order valence-corrected chi connectivity index (χ2v) is 17.9. The Balaban J connectivity index is 0.000000267. The quantitative estimate of drug-likeness (QED) is 0.0427. The van der Waals surface area contributed by atoms with Crippen molar-refractivity contribution in [2.24, 2.45) is 5.92 Å². The fraction of sp³-hybridized carbons (Fsp3) is 0.347. The number of hydrogen-bond donors (Lipinski definition) is 2. The average molecular weight is 965 g/mol. The molecule has 0 aliphatic carbocycles. The zero-order valence-corrected chi connectivity index (χ0v) is 41.3. The van der Waals surface area contributed by atoms with Crippen LogP contribution in [-0.4, -0.2) is 93.9 Å². The van der Waals surface area contributed by atoms with Crippen molar-refractivity contribution >= 4 is 57.2 Å². The summed E-state index contributed by atoms with van der Waals surface area (Å²) < 4.78 is 0. The molecule has 6 aromatic heterocycles. The number of nitrogens with zero attached hydrogens (tertiary/aromatic N) is 9. The summed E-state index contributed by atoms with van der Waals surface area (Å²) in [6.45, 7) is 17.2. The number of amides is 3. The highest BCUT2D eigenvalue weighted by atomic mass is 35.5. The van der Waals surface area contributed by atoms with Gasteiger partial charge in [-0.1, -0.05) is 27.0 Å². The number of pyridine rings is 2. The third-order valence-corrected chi connectivity index (χ3v) is 12.4. The van der Waals surface area contributed by atoms with Gasteiger partial charge in [-0.05, 0) is 124 Å². The minimum absolute atomic E-state index is 0.0678. The number of aromatic nitrogens is 8. The van der Waals surface area contributed by atoms with Crippen LogP contribution < -0.4 is 10.6 Å². The zero-order valence-electron chi connectivity index (χ0n) is 38.9. The molecular formula is C49H58ClN11O4S2. The van der Waals surface area contributed by atoms with Crippen molar-refractivity contribution in [2.75, 3.05) is 20.1 Å². The Morgan fingerprint density at radius 1 is 0.701 bits per heavy atom. The summed E-state index contributed by atoms with van der Waals surface area (Å²) >= 11 is 8.03. The van der Waals surface area contributed by atoms with Gasteiger partial charge in [0.2, 0.25) is 23.0 Å². The molecule has 0 aromatic carbocycles. The highest BCUT2D eigenvalue weighted by molar-refractivity contribution is 7.15. The highest BCUT2D eigenvalue weighted by Crippen LogP contribution is 2.28. The van der Waals surface area contributed by atoms with Gasteiger partial charge in [0.1, 0.15) is 17.7 Å². The molecule has 0 spiro atoms. The smallest absolute Gasteiger partial charge is 0.246 e. The highest BCUT2D eigenvalue weighted by Gasteiger charge is 2.20. The van der Waals surface area contributed by atoms with E-state index in [0.29, 0.717) is 32.4 Å². The van der Waals surface area contributed by atoms with Crippen LogP contribution in [0.25, 0.3) is 20.9 Å². The molecule has 0 unspecified atom stereocenters. The number of thiazole rings is 2. The summed E-state index contributed by atoms with van der Waals surface area (Å²) in [5, 5.41) is 7.38. The normalized spacial score (nSPS) is 11.4. The van der Waals surface area contributed by atoms with Crippen LogP contribution in [-0.2, 0) is 44.9 Å². The van der Waals surface area contributed by atoms with Gasteiger partial charge in [0.15, 0.2) is 0 Å². The van der Waals surface area contributed by atoms with E-state index < -0.39 is 11.3 Å². The Kier molecular flexibility index (Phi) is 22.2. The lowest BCUT2D eigenvalue weighted by Gasteiger charge is -2.22. The molecule has 2 N–H and O–H groups in total. The van der Waals surface area contributed by atoms with Crippen molar-refractivity contribution in [1.29, 1.82) is 0 Å². The lowest BCUT2D eigenvalue weighted by molar-refractivity contribution is -0.135. The van der Waals surface area contributed by atoms with Crippen molar-refractivity contribution in [3.05, 3.63) is 143 Å². The van der Waals surface area contributed by atoms with E-state index in [0.717, 1.165) is 97.1 Å². The standard InChI is InChI=1S/C24H28N6O2S.C22H27N5OS.C3H3ClO/c1-5-23(31)30(4)16(2)24(32)26-10-6-7-19-13-20(29-17(3)28-19)14-22-27-15-21(33-22)18-8-11-25-12-9-18;1-4-15(2)22(28)24-9-5-6-18-12-19(27-16(3)26-18)13-21-25-14-20(29-21)17-7-10-23-11-8-17;1-2-3(4)5/h5,8-9,11-13,15-16H,1,6-7,10,14H2,2-4H3,(H,26,32);7-8,10-12,14-15H,4-6,9,13H2,1-3H3,(H,24,28);2H,1H2/t16-;15-;/m01./s1. The number of aryl methyl sites for hydroxylation is 4. The van der Waals surface area contributed by atoms with Gasteiger partial charge in [-0.3, -0.25) is 29.1 Å². The fourth-order valence-corrected chi connectivity index (χ4v) is 8.08. The first-order valence-corrected chi connectivity index (χ1v) is 23.8. The lowest BCUT2D eigenvalue weighted by Crippen LogP contribution is -2.45. The Hall–Kier alpha value is -6.43. The van der Waals surface area contributed by atoms with Gasteiger partial charge < -0.3 is 15.5 Å². The molecule has 0 fully saturated rings. The van der Waals surface area contributed by atoms with Crippen molar-refractivity contribution in [3.8, 4) is 20.9 Å². The number of likely N-dealkylation sites (N-methyl/N-ethyl adjacent to an activating group) is 1. The van der Waals surface area contributed by atoms with E-state index in [2.05, 4.69) is 69.7 Å². The van der Waals surface area contributed by atoms with Crippen LogP contribution in [0.1, 0.15) is 84.5 Å². The number of carbonyl (C=O) groups is 4. The SMILES string of the molecule is C=CC(=O)Cl.C=CC(=O)N(C)[C@@H](C)C(=O)NCCCc1cc(Cc2ncc(-c3ccncc3)s2)nc(C)n1.CC[C@@H](C)C(=O)NCCCc1cc(Cc2ncc(-c3ccncc3)s2)nc(C)n1. The molecule has 0 saturated heterocycles. The van der Waals surface area contributed by atoms with Gasteiger partial charge in [0.25, 0.3) is 0 Å². The first-order chi connectivity index (χ1) is 32.2. The minimum atomic E-state index is -0.557. The Morgan fingerprint density at radius 3 is 1.52 bits per heavy atom. The molecule has 0 saturated carbocycles. The van der Waals surface area contributed by atoms with Crippen molar-refractivity contribution < 1.29 is 19.2 Å². The molecule has 0 bridgehead atoms. The molecule has 67 heavy (non-hydrogen) atoms. The van der Waals surface area contributed by atoms with E-state index in [-0.39, 0.29) is 23.6 Å². The summed E-state index contributed by atoms with van der Waals surface area (Å²) in [5.41, 5.74) is 6.08. The molecule has 0 aliphatic rings. The van der Waals surface area contributed by atoms with E-state index in [9.17, 15) is 19.2 Å². The predicted octanol–water partition coefficient (Wildman–Crippen LogP) is 7.90. The van der Waals surface area contributed by atoms with Crippen LogP contribution >= 0.6 is 34.3 Å². The molecule has 6 rings (SSSR count). The molecule has 15 nitrogen and oxygen atoms in total. The largest absolute Gasteiger partial charge is 0.356 e. The Labute approximate surface area is 405 Å². The van der Waals surface area contributed by atoms with Crippen LogP contribution in [0, 0.1) is 19.8 Å².